The molecule has 0 spiro atoms. The van der Waals surface area contributed by atoms with Gasteiger partial charge in [-0.3, -0.25) is 0 Å². The monoisotopic (exact) mass is 254 g/mol. The van der Waals surface area contributed by atoms with E-state index in [1.807, 2.05) is 6.92 Å². The summed E-state index contributed by atoms with van der Waals surface area (Å²) in [5.41, 5.74) is 0. The number of carbonyl (C=O) groups excluding carboxylic acids is 1. The summed E-state index contributed by atoms with van der Waals surface area (Å²) in [4.78, 5) is 10.7. The summed E-state index contributed by atoms with van der Waals surface area (Å²) in [6.07, 6.45) is 2.41. The first kappa shape index (κ1) is 9.94. The van der Waals surface area contributed by atoms with E-state index in [1.54, 1.807) is 6.92 Å². The van der Waals surface area contributed by atoms with Gasteiger partial charge in [0.25, 0.3) is 0 Å². The molecule has 0 N–H and O–H groups in total. The topological polar surface area (TPSA) is 26.3 Å². The van der Waals surface area contributed by atoms with Gasteiger partial charge in [-0.05, 0) is 39.5 Å². The van der Waals surface area contributed by atoms with Crippen LogP contribution in [-0.4, -0.2) is 12.6 Å². The minimum atomic E-state index is -0.242. The molecule has 0 rings (SSSR count). The van der Waals surface area contributed by atoms with E-state index in [0.29, 0.717) is 6.61 Å². The molecular formula is C7H11IO2. The maximum Gasteiger partial charge on any atom is 0.331 e. The number of allylic oxidation sites excluding steroid dienone is 1. The van der Waals surface area contributed by atoms with Gasteiger partial charge in [0.1, 0.15) is 0 Å². The zero-order valence-electron chi connectivity index (χ0n) is 6.19. The van der Waals surface area contributed by atoms with E-state index in [2.05, 4.69) is 22.6 Å². The van der Waals surface area contributed by atoms with Crippen LogP contribution in [0.1, 0.15) is 20.3 Å². The number of carbonyl (C=O) groups is 1. The third-order valence-corrected chi connectivity index (χ3v) is 1.97. The summed E-state index contributed by atoms with van der Waals surface area (Å²) in [6, 6.07) is 0. The first-order valence-electron chi connectivity index (χ1n) is 3.23. The van der Waals surface area contributed by atoms with E-state index in [1.165, 1.54) is 6.08 Å². The lowest BCUT2D eigenvalue weighted by Crippen LogP contribution is -1.99. The van der Waals surface area contributed by atoms with E-state index in [9.17, 15) is 4.79 Å². The molecule has 0 radical (unpaired) electrons. The molecule has 0 aromatic carbocycles. The summed E-state index contributed by atoms with van der Waals surface area (Å²) in [5.74, 6) is -0.242. The SMILES string of the molecule is CCOC(=O)/C=C(/I)CC. The van der Waals surface area contributed by atoms with Crippen molar-refractivity contribution in [1.29, 1.82) is 0 Å². The Balaban J connectivity index is 3.75. The lowest BCUT2D eigenvalue weighted by Gasteiger charge is -1.95. The second kappa shape index (κ2) is 5.70. The second-order valence-corrected chi connectivity index (χ2v) is 3.08. The van der Waals surface area contributed by atoms with E-state index in [4.69, 9.17) is 4.74 Å². The lowest BCUT2D eigenvalue weighted by atomic mass is 10.4. The minimum Gasteiger partial charge on any atom is -0.463 e. The Kier molecular flexibility index (Phi) is 5.67. The standard InChI is InChI=1S/C7H11IO2/c1-3-6(8)5-7(9)10-4-2/h5H,3-4H2,1-2H3/b6-5+. The summed E-state index contributed by atoms with van der Waals surface area (Å²) in [5, 5.41) is 0. The van der Waals surface area contributed by atoms with Gasteiger partial charge < -0.3 is 4.74 Å². The molecule has 0 saturated heterocycles. The molecule has 0 bridgehead atoms. The van der Waals surface area contributed by atoms with Gasteiger partial charge >= 0.3 is 5.97 Å². The number of rotatable bonds is 3. The lowest BCUT2D eigenvalue weighted by molar-refractivity contribution is -0.137. The van der Waals surface area contributed by atoms with E-state index < -0.39 is 0 Å². The molecule has 10 heavy (non-hydrogen) atoms. The first-order chi connectivity index (χ1) is 4.70. The van der Waals surface area contributed by atoms with Crippen LogP contribution in [0.4, 0.5) is 0 Å². The van der Waals surface area contributed by atoms with Gasteiger partial charge in [-0.2, -0.15) is 0 Å². The Morgan fingerprint density at radius 3 is 2.60 bits per heavy atom. The summed E-state index contributed by atoms with van der Waals surface area (Å²) in [6.45, 7) is 4.24. The van der Waals surface area contributed by atoms with Gasteiger partial charge in [0, 0.05) is 6.08 Å². The fourth-order valence-electron chi connectivity index (χ4n) is 0.414. The van der Waals surface area contributed by atoms with Crippen molar-refractivity contribution >= 4 is 28.6 Å². The summed E-state index contributed by atoms with van der Waals surface area (Å²) >= 11 is 2.12. The first-order valence-corrected chi connectivity index (χ1v) is 4.31. The zero-order valence-corrected chi connectivity index (χ0v) is 8.34. The smallest absolute Gasteiger partial charge is 0.331 e. The summed E-state index contributed by atoms with van der Waals surface area (Å²) < 4.78 is 5.72. The minimum absolute atomic E-state index is 0.242. The van der Waals surface area contributed by atoms with E-state index in [0.717, 1.165) is 10.0 Å². The van der Waals surface area contributed by atoms with Crippen LogP contribution >= 0.6 is 22.6 Å². The van der Waals surface area contributed by atoms with Crippen LogP contribution in [0, 0.1) is 0 Å². The van der Waals surface area contributed by atoms with Crippen molar-refractivity contribution in [3.05, 3.63) is 9.66 Å². The number of hydrogen-bond acceptors (Lipinski definition) is 2. The molecule has 2 nitrogen and oxygen atoms in total. The van der Waals surface area contributed by atoms with Gasteiger partial charge in [0.15, 0.2) is 0 Å². The highest BCUT2D eigenvalue weighted by atomic mass is 127. The molecule has 58 valence electrons. The predicted molar refractivity (Wildman–Crippen MR) is 49.0 cm³/mol. The average molecular weight is 254 g/mol. The van der Waals surface area contributed by atoms with Crippen LogP contribution in [0.25, 0.3) is 0 Å². The molecule has 0 aliphatic rings. The number of ether oxygens (including phenoxy) is 1. The molecular weight excluding hydrogens is 243 g/mol. The fourth-order valence-corrected chi connectivity index (χ4v) is 0.668. The van der Waals surface area contributed by atoms with Gasteiger partial charge in [-0.25, -0.2) is 4.79 Å². The largest absolute Gasteiger partial charge is 0.463 e. The van der Waals surface area contributed by atoms with Gasteiger partial charge in [0.2, 0.25) is 0 Å². The normalized spacial score (nSPS) is 11.3. The van der Waals surface area contributed by atoms with Crippen LogP contribution in [0.15, 0.2) is 9.66 Å². The molecule has 0 aliphatic heterocycles. The van der Waals surface area contributed by atoms with Crippen molar-refractivity contribution in [3.8, 4) is 0 Å². The van der Waals surface area contributed by atoms with E-state index >= 15 is 0 Å². The number of hydrogen-bond donors (Lipinski definition) is 0. The van der Waals surface area contributed by atoms with Crippen molar-refractivity contribution in [2.45, 2.75) is 20.3 Å². The summed E-state index contributed by atoms with van der Waals surface area (Å²) in [7, 11) is 0. The third kappa shape index (κ3) is 4.78. The van der Waals surface area contributed by atoms with Crippen molar-refractivity contribution in [3.63, 3.8) is 0 Å². The van der Waals surface area contributed by atoms with Gasteiger partial charge in [-0.15, -0.1) is 0 Å². The highest BCUT2D eigenvalue weighted by molar-refractivity contribution is 14.1. The molecule has 0 heterocycles. The molecule has 0 aliphatic carbocycles. The molecule has 0 aromatic heterocycles. The second-order valence-electron chi connectivity index (χ2n) is 1.70. The fraction of sp³-hybridized carbons (Fsp3) is 0.571. The van der Waals surface area contributed by atoms with Crippen LogP contribution in [-0.2, 0) is 9.53 Å². The van der Waals surface area contributed by atoms with Crippen LogP contribution in [0.5, 0.6) is 0 Å². The van der Waals surface area contributed by atoms with Crippen molar-refractivity contribution < 1.29 is 9.53 Å². The van der Waals surface area contributed by atoms with Crippen molar-refractivity contribution in [2.24, 2.45) is 0 Å². The maximum absolute atomic E-state index is 10.7. The molecule has 0 unspecified atom stereocenters. The Labute approximate surface area is 74.8 Å². The molecule has 0 atom stereocenters. The third-order valence-electron chi connectivity index (χ3n) is 0.899. The highest BCUT2D eigenvalue weighted by Crippen LogP contribution is 2.09. The Bertz CT molecular complexity index is 141. The Hall–Kier alpha value is -0.0600. The van der Waals surface area contributed by atoms with Crippen molar-refractivity contribution in [2.75, 3.05) is 6.61 Å². The molecule has 0 fully saturated rings. The zero-order chi connectivity index (χ0) is 7.98. The number of esters is 1. The average Bonchev–Trinajstić information content (AvgIpc) is 1.88. The molecule has 0 aromatic rings. The van der Waals surface area contributed by atoms with Crippen molar-refractivity contribution in [1.82, 2.24) is 0 Å². The predicted octanol–water partition coefficient (Wildman–Crippen LogP) is 2.28. The maximum atomic E-state index is 10.7. The molecule has 0 amide bonds. The highest BCUT2D eigenvalue weighted by Gasteiger charge is 1.95. The van der Waals surface area contributed by atoms with Crippen LogP contribution in [0.3, 0.4) is 0 Å². The van der Waals surface area contributed by atoms with E-state index in [-0.39, 0.29) is 5.97 Å². The molecule has 0 saturated carbocycles. The number of halogens is 1. The van der Waals surface area contributed by atoms with Gasteiger partial charge in [0.05, 0.1) is 6.61 Å². The molecule has 3 heteroatoms. The Morgan fingerprint density at radius 1 is 1.60 bits per heavy atom. The van der Waals surface area contributed by atoms with Gasteiger partial charge in [-0.1, -0.05) is 6.92 Å². The van der Waals surface area contributed by atoms with Crippen LogP contribution in [0.2, 0.25) is 0 Å². The Morgan fingerprint density at radius 2 is 2.20 bits per heavy atom. The van der Waals surface area contributed by atoms with Crippen LogP contribution < -0.4 is 0 Å². The quantitative estimate of drug-likeness (QED) is 0.438.